The van der Waals surface area contributed by atoms with Gasteiger partial charge in [0.25, 0.3) is 5.91 Å². The molecule has 0 unspecified atom stereocenters. The number of fused-ring (bicyclic) bond motifs is 1. The highest BCUT2D eigenvalue weighted by molar-refractivity contribution is 9.10. The SMILES string of the molecule is C[C@H](O)CNC(=O)c1ccc2cc(Br)ccc2c1. The van der Waals surface area contributed by atoms with Crippen molar-refractivity contribution in [3.8, 4) is 0 Å². The van der Waals surface area contributed by atoms with E-state index in [0.717, 1.165) is 15.2 Å². The first-order chi connectivity index (χ1) is 8.56. The number of hydrogen-bond donors (Lipinski definition) is 2. The average molecular weight is 308 g/mol. The molecule has 2 N–H and O–H groups in total. The largest absolute Gasteiger partial charge is 0.392 e. The normalized spacial score (nSPS) is 12.4. The molecule has 0 spiro atoms. The highest BCUT2D eigenvalue weighted by Crippen LogP contribution is 2.20. The number of aliphatic hydroxyl groups excluding tert-OH is 1. The highest BCUT2D eigenvalue weighted by atomic mass is 79.9. The molecule has 2 rings (SSSR count). The minimum absolute atomic E-state index is 0.166. The lowest BCUT2D eigenvalue weighted by atomic mass is 10.1. The fourth-order valence-electron chi connectivity index (χ4n) is 1.70. The lowest BCUT2D eigenvalue weighted by Crippen LogP contribution is -2.30. The fourth-order valence-corrected chi connectivity index (χ4v) is 2.08. The van der Waals surface area contributed by atoms with Crippen LogP contribution in [0.2, 0.25) is 0 Å². The molecule has 2 aromatic rings. The second kappa shape index (κ2) is 5.50. The van der Waals surface area contributed by atoms with Gasteiger partial charge in [-0.25, -0.2) is 0 Å². The maximum atomic E-state index is 11.8. The predicted molar refractivity (Wildman–Crippen MR) is 75.7 cm³/mol. The van der Waals surface area contributed by atoms with E-state index < -0.39 is 6.10 Å². The van der Waals surface area contributed by atoms with Crippen molar-refractivity contribution in [1.29, 1.82) is 0 Å². The van der Waals surface area contributed by atoms with Gasteiger partial charge in [0, 0.05) is 16.6 Å². The van der Waals surface area contributed by atoms with Crippen LogP contribution in [0.15, 0.2) is 40.9 Å². The third kappa shape index (κ3) is 3.09. The molecule has 0 radical (unpaired) electrons. The maximum Gasteiger partial charge on any atom is 0.251 e. The van der Waals surface area contributed by atoms with Crippen LogP contribution in [0.1, 0.15) is 17.3 Å². The molecule has 1 amide bonds. The number of hydrogen-bond acceptors (Lipinski definition) is 2. The Bertz CT molecular complexity index is 581. The van der Waals surface area contributed by atoms with Crippen LogP contribution in [0.5, 0.6) is 0 Å². The molecule has 4 heteroatoms. The van der Waals surface area contributed by atoms with E-state index in [4.69, 9.17) is 5.11 Å². The van der Waals surface area contributed by atoms with Crippen LogP contribution in [0.25, 0.3) is 10.8 Å². The van der Waals surface area contributed by atoms with Crippen molar-refractivity contribution < 1.29 is 9.90 Å². The molecule has 1 atom stereocenters. The predicted octanol–water partition coefficient (Wildman–Crippen LogP) is 2.71. The molecule has 0 fully saturated rings. The molecule has 2 aromatic carbocycles. The molecule has 0 saturated carbocycles. The number of carbonyl (C=O) groups excluding carboxylic acids is 1. The molecule has 0 bridgehead atoms. The van der Waals surface area contributed by atoms with Crippen LogP contribution in [-0.4, -0.2) is 23.7 Å². The van der Waals surface area contributed by atoms with Crippen molar-refractivity contribution in [2.45, 2.75) is 13.0 Å². The van der Waals surface area contributed by atoms with Gasteiger partial charge < -0.3 is 10.4 Å². The summed E-state index contributed by atoms with van der Waals surface area (Å²) in [5, 5.41) is 13.9. The zero-order valence-electron chi connectivity index (χ0n) is 9.98. The van der Waals surface area contributed by atoms with Crippen LogP contribution in [0, 0.1) is 0 Å². The Balaban J connectivity index is 2.24. The molecular weight excluding hydrogens is 294 g/mol. The van der Waals surface area contributed by atoms with E-state index in [1.165, 1.54) is 0 Å². The van der Waals surface area contributed by atoms with Gasteiger partial charge in [-0.05, 0) is 42.0 Å². The monoisotopic (exact) mass is 307 g/mol. The standard InChI is InChI=1S/C14H14BrNO2/c1-9(17)8-16-14(18)12-3-2-11-7-13(15)5-4-10(11)6-12/h2-7,9,17H,8H2,1H3,(H,16,18)/t9-/m0/s1. The average Bonchev–Trinajstić information content (AvgIpc) is 2.35. The van der Waals surface area contributed by atoms with Crippen LogP contribution in [0.4, 0.5) is 0 Å². The van der Waals surface area contributed by atoms with E-state index in [1.54, 1.807) is 13.0 Å². The number of amides is 1. The lowest BCUT2D eigenvalue weighted by molar-refractivity contribution is 0.0924. The van der Waals surface area contributed by atoms with Crippen molar-refractivity contribution >= 4 is 32.6 Å². The molecule has 0 aliphatic rings. The molecule has 0 saturated heterocycles. The van der Waals surface area contributed by atoms with Gasteiger partial charge in [0.05, 0.1) is 6.10 Å². The Morgan fingerprint density at radius 1 is 1.28 bits per heavy atom. The van der Waals surface area contributed by atoms with Gasteiger partial charge in [0.2, 0.25) is 0 Å². The summed E-state index contributed by atoms with van der Waals surface area (Å²) in [5.74, 6) is -0.166. The van der Waals surface area contributed by atoms with E-state index >= 15 is 0 Å². The zero-order valence-corrected chi connectivity index (χ0v) is 11.6. The minimum atomic E-state index is -0.537. The number of carbonyl (C=O) groups is 1. The zero-order chi connectivity index (χ0) is 13.1. The first-order valence-electron chi connectivity index (χ1n) is 5.72. The van der Waals surface area contributed by atoms with Gasteiger partial charge in [-0.15, -0.1) is 0 Å². The van der Waals surface area contributed by atoms with Gasteiger partial charge in [-0.1, -0.05) is 28.1 Å². The number of rotatable bonds is 3. The van der Waals surface area contributed by atoms with Crippen molar-refractivity contribution in [2.24, 2.45) is 0 Å². The molecule has 94 valence electrons. The summed E-state index contributed by atoms with van der Waals surface area (Å²) in [7, 11) is 0. The molecule has 0 heterocycles. The Kier molecular flexibility index (Phi) is 3.99. The number of halogens is 1. The van der Waals surface area contributed by atoms with Crippen molar-refractivity contribution in [3.63, 3.8) is 0 Å². The van der Waals surface area contributed by atoms with Gasteiger partial charge in [0.1, 0.15) is 0 Å². The second-order valence-electron chi connectivity index (χ2n) is 4.27. The van der Waals surface area contributed by atoms with Crippen LogP contribution in [0.3, 0.4) is 0 Å². The highest BCUT2D eigenvalue weighted by Gasteiger charge is 2.07. The second-order valence-corrected chi connectivity index (χ2v) is 5.18. The molecular formula is C14H14BrNO2. The molecule has 0 aliphatic carbocycles. The quantitative estimate of drug-likeness (QED) is 0.916. The summed E-state index contributed by atoms with van der Waals surface area (Å²) in [4.78, 5) is 11.8. The van der Waals surface area contributed by atoms with Gasteiger partial charge in [0.15, 0.2) is 0 Å². The van der Waals surface area contributed by atoms with Gasteiger partial charge >= 0.3 is 0 Å². The van der Waals surface area contributed by atoms with Gasteiger partial charge in [-0.3, -0.25) is 4.79 Å². The first kappa shape index (κ1) is 13.1. The van der Waals surface area contributed by atoms with Crippen molar-refractivity contribution in [3.05, 3.63) is 46.4 Å². The Morgan fingerprint density at radius 3 is 2.67 bits per heavy atom. The summed E-state index contributed by atoms with van der Waals surface area (Å²) in [6.45, 7) is 1.90. The van der Waals surface area contributed by atoms with Gasteiger partial charge in [-0.2, -0.15) is 0 Å². The third-order valence-corrected chi connectivity index (χ3v) is 3.12. The summed E-state index contributed by atoms with van der Waals surface area (Å²) in [5.41, 5.74) is 0.602. The summed E-state index contributed by atoms with van der Waals surface area (Å²) >= 11 is 3.41. The van der Waals surface area contributed by atoms with Crippen molar-refractivity contribution in [2.75, 3.05) is 6.54 Å². The fraction of sp³-hybridized carbons (Fsp3) is 0.214. The Morgan fingerprint density at radius 2 is 1.94 bits per heavy atom. The molecule has 3 nitrogen and oxygen atoms in total. The van der Waals surface area contributed by atoms with Crippen LogP contribution < -0.4 is 5.32 Å². The van der Waals surface area contributed by atoms with E-state index in [2.05, 4.69) is 21.2 Å². The maximum absolute atomic E-state index is 11.8. The number of benzene rings is 2. The molecule has 0 aliphatic heterocycles. The van der Waals surface area contributed by atoms with E-state index in [1.807, 2.05) is 30.3 Å². The van der Waals surface area contributed by atoms with Crippen molar-refractivity contribution in [1.82, 2.24) is 5.32 Å². The smallest absolute Gasteiger partial charge is 0.251 e. The van der Waals surface area contributed by atoms with E-state index in [-0.39, 0.29) is 12.5 Å². The summed E-state index contributed by atoms with van der Waals surface area (Å²) < 4.78 is 1.02. The van der Waals surface area contributed by atoms with Crippen LogP contribution in [-0.2, 0) is 0 Å². The molecule has 0 aromatic heterocycles. The third-order valence-electron chi connectivity index (χ3n) is 2.62. The lowest BCUT2D eigenvalue weighted by Gasteiger charge is -2.08. The first-order valence-corrected chi connectivity index (χ1v) is 6.51. The number of aliphatic hydroxyl groups is 1. The Labute approximate surface area is 114 Å². The van der Waals surface area contributed by atoms with Crippen LogP contribution >= 0.6 is 15.9 Å². The summed E-state index contributed by atoms with van der Waals surface area (Å²) in [6, 6.07) is 11.5. The minimum Gasteiger partial charge on any atom is -0.392 e. The van der Waals surface area contributed by atoms with E-state index in [0.29, 0.717) is 5.56 Å². The topological polar surface area (TPSA) is 49.3 Å². The Hall–Kier alpha value is -1.39. The molecule has 18 heavy (non-hydrogen) atoms. The van der Waals surface area contributed by atoms with E-state index in [9.17, 15) is 4.79 Å². The summed E-state index contributed by atoms with van der Waals surface area (Å²) in [6.07, 6.45) is -0.537. The number of nitrogens with one attached hydrogen (secondary N) is 1.